The molecule has 0 N–H and O–H groups in total. The molecule has 2 fully saturated rings. The van der Waals surface area contributed by atoms with Gasteiger partial charge >= 0.3 is 0 Å². The number of benzene rings is 1. The van der Waals surface area contributed by atoms with E-state index in [1.54, 1.807) is 17.0 Å². The number of carbonyl (C=O) groups is 2. The second-order valence-corrected chi connectivity index (χ2v) is 7.50. The van der Waals surface area contributed by atoms with Gasteiger partial charge in [0.15, 0.2) is 0 Å². The van der Waals surface area contributed by atoms with Crippen LogP contribution in [0.2, 0.25) is 0 Å². The van der Waals surface area contributed by atoms with E-state index in [-0.39, 0.29) is 36.6 Å². The summed E-state index contributed by atoms with van der Waals surface area (Å²) in [6.45, 7) is 2.00. The van der Waals surface area contributed by atoms with E-state index in [1.807, 2.05) is 4.90 Å². The lowest BCUT2D eigenvalue weighted by Gasteiger charge is -2.47. The average molecular weight is 386 g/mol. The fourth-order valence-electron chi connectivity index (χ4n) is 4.31. The molecule has 2 aliphatic heterocycles. The third-order valence-corrected chi connectivity index (χ3v) is 5.70. The number of aromatic nitrogens is 4. The van der Waals surface area contributed by atoms with Crippen LogP contribution >= 0.6 is 0 Å². The number of nitrogens with zero attached hydrogens (tertiary/aromatic N) is 6. The molecule has 2 atom stereocenters. The molecule has 9 heteroatoms. The second-order valence-electron chi connectivity index (χ2n) is 7.50. The zero-order chi connectivity index (χ0) is 19.5. The van der Waals surface area contributed by atoms with E-state index >= 15 is 0 Å². The highest BCUT2D eigenvalue weighted by Gasteiger charge is 2.39. The molecule has 2 aliphatic rings. The Kier molecular flexibility index (Phi) is 5.31. The number of fused-ring (bicyclic) bond motifs is 1. The molecule has 148 valence electrons. The van der Waals surface area contributed by atoms with Gasteiger partial charge in [0.25, 0.3) is 0 Å². The molecule has 0 radical (unpaired) electrons. The summed E-state index contributed by atoms with van der Waals surface area (Å²) >= 11 is 0. The van der Waals surface area contributed by atoms with Crippen molar-refractivity contribution < 1.29 is 14.0 Å². The zero-order valence-corrected chi connectivity index (χ0v) is 15.6. The Morgan fingerprint density at radius 3 is 2.86 bits per heavy atom. The van der Waals surface area contributed by atoms with Gasteiger partial charge in [0.2, 0.25) is 11.8 Å². The lowest BCUT2D eigenvalue weighted by Crippen LogP contribution is -2.58. The van der Waals surface area contributed by atoms with Crippen LogP contribution < -0.4 is 0 Å². The number of rotatable bonds is 4. The number of amides is 2. The number of hydrogen-bond donors (Lipinski definition) is 0. The number of tetrazole rings is 1. The summed E-state index contributed by atoms with van der Waals surface area (Å²) in [5.74, 6) is 0.0186. The fourth-order valence-corrected chi connectivity index (χ4v) is 4.31. The summed E-state index contributed by atoms with van der Waals surface area (Å²) in [6, 6.07) is 6.19. The standard InChI is InChI=1S/C19H23FN6O2/c20-16-5-1-3-14(9-16)10-18(27)26-7-2-4-15-6-8-24(11-17(15)26)19(28)12-25-13-21-22-23-25/h1,3,5,9,13,15,17H,2,4,6-8,10-12H2. The quantitative estimate of drug-likeness (QED) is 0.779. The van der Waals surface area contributed by atoms with Gasteiger partial charge in [-0.25, -0.2) is 9.07 Å². The van der Waals surface area contributed by atoms with Crippen molar-refractivity contribution in [1.82, 2.24) is 30.0 Å². The summed E-state index contributed by atoms with van der Waals surface area (Å²) in [6.07, 6.45) is 4.52. The summed E-state index contributed by atoms with van der Waals surface area (Å²) in [5.41, 5.74) is 0.676. The molecule has 2 aromatic rings. The Morgan fingerprint density at radius 1 is 1.18 bits per heavy atom. The molecule has 1 aromatic heterocycles. The first-order chi connectivity index (χ1) is 13.6. The van der Waals surface area contributed by atoms with E-state index in [1.165, 1.54) is 23.1 Å². The molecule has 1 aromatic carbocycles. The third-order valence-electron chi connectivity index (χ3n) is 5.70. The zero-order valence-electron chi connectivity index (χ0n) is 15.6. The molecule has 0 bridgehead atoms. The van der Waals surface area contributed by atoms with Crippen LogP contribution in [0.3, 0.4) is 0 Å². The predicted molar refractivity (Wildman–Crippen MR) is 97.3 cm³/mol. The molecular formula is C19H23FN6O2. The molecule has 0 aliphatic carbocycles. The van der Waals surface area contributed by atoms with Gasteiger partial charge in [-0.1, -0.05) is 12.1 Å². The van der Waals surface area contributed by atoms with Gasteiger partial charge in [-0.05, 0) is 53.3 Å². The van der Waals surface area contributed by atoms with Crippen molar-refractivity contribution in [3.8, 4) is 0 Å². The SMILES string of the molecule is O=C(Cn1cnnn1)N1CCC2CCCN(C(=O)Cc3cccc(F)c3)C2C1. The van der Waals surface area contributed by atoms with E-state index in [9.17, 15) is 14.0 Å². The Morgan fingerprint density at radius 2 is 2.07 bits per heavy atom. The Labute approximate surface area is 162 Å². The van der Waals surface area contributed by atoms with E-state index in [2.05, 4.69) is 15.5 Å². The van der Waals surface area contributed by atoms with Gasteiger partial charge in [0.05, 0.1) is 12.5 Å². The molecule has 3 heterocycles. The second kappa shape index (κ2) is 8.04. The largest absolute Gasteiger partial charge is 0.339 e. The van der Waals surface area contributed by atoms with Crippen LogP contribution in [0.1, 0.15) is 24.8 Å². The average Bonchev–Trinajstić information content (AvgIpc) is 3.20. The lowest BCUT2D eigenvalue weighted by molar-refractivity contribution is -0.144. The van der Waals surface area contributed by atoms with E-state index in [0.717, 1.165) is 19.3 Å². The van der Waals surface area contributed by atoms with Crippen molar-refractivity contribution in [2.75, 3.05) is 19.6 Å². The number of piperidine rings is 2. The highest BCUT2D eigenvalue weighted by Crippen LogP contribution is 2.31. The molecule has 8 nitrogen and oxygen atoms in total. The first-order valence-electron chi connectivity index (χ1n) is 9.62. The van der Waals surface area contributed by atoms with Crippen LogP contribution in [0, 0.1) is 11.7 Å². The molecule has 2 amide bonds. The molecule has 0 spiro atoms. The topological polar surface area (TPSA) is 84.2 Å². The minimum atomic E-state index is -0.334. The molecule has 2 saturated heterocycles. The minimum absolute atomic E-state index is 0.00456. The fraction of sp³-hybridized carbons (Fsp3) is 0.526. The van der Waals surface area contributed by atoms with Crippen molar-refractivity contribution >= 4 is 11.8 Å². The van der Waals surface area contributed by atoms with Crippen molar-refractivity contribution in [3.05, 3.63) is 42.0 Å². The Balaban J connectivity index is 1.43. The van der Waals surface area contributed by atoms with Crippen molar-refractivity contribution in [2.24, 2.45) is 5.92 Å². The summed E-state index contributed by atoms with van der Waals surface area (Å²) in [7, 11) is 0. The maximum atomic E-state index is 13.4. The summed E-state index contributed by atoms with van der Waals surface area (Å²) < 4.78 is 14.8. The highest BCUT2D eigenvalue weighted by molar-refractivity contribution is 5.80. The van der Waals surface area contributed by atoms with Crippen LogP contribution in [0.4, 0.5) is 4.39 Å². The van der Waals surface area contributed by atoms with Crippen LogP contribution in [0.25, 0.3) is 0 Å². The molecule has 28 heavy (non-hydrogen) atoms. The summed E-state index contributed by atoms with van der Waals surface area (Å²) in [4.78, 5) is 29.2. The van der Waals surface area contributed by atoms with E-state index < -0.39 is 0 Å². The Bertz CT molecular complexity index is 843. The third kappa shape index (κ3) is 4.02. The van der Waals surface area contributed by atoms with Gasteiger partial charge in [-0.2, -0.15) is 0 Å². The molecule has 4 rings (SSSR count). The van der Waals surface area contributed by atoms with Crippen LogP contribution in [0.15, 0.2) is 30.6 Å². The van der Waals surface area contributed by atoms with E-state index in [4.69, 9.17) is 0 Å². The monoisotopic (exact) mass is 386 g/mol. The van der Waals surface area contributed by atoms with Crippen molar-refractivity contribution in [2.45, 2.75) is 38.3 Å². The number of carbonyl (C=O) groups excluding carboxylic acids is 2. The minimum Gasteiger partial charge on any atom is -0.339 e. The first kappa shape index (κ1) is 18.5. The van der Waals surface area contributed by atoms with Gasteiger partial charge < -0.3 is 9.80 Å². The maximum Gasteiger partial charge on any atom is 0.244 e. The summed E-state index contributed by atoms with van der Waals surface area (Å²) in [5, 5.41) is 10.8. The smallest absolute Gasteiger partial charge is 0.244 e. The number of hydrogen-bond acceptors (Lipinski definition) is 5. The highest BCUT2D eigenvalue weighted by atomic mass is 19.1. The number of likely N-dealkylation sites (tertiary alicyclic amines) is 2. The van der Waals surface area contributed by atoms with Gasteiger partial charge in [0.1, 0.15) is 18.7 Å². The van der Waals surface area contributed by atoms with Gasteiger partial charge in [-0.3, -0.25) is 9.59 Å². The van der Waals surface area contributed by atoms with E-state index in [0.29, 0.717) is 31.1 Å². The molecule has 0 saturated carbocycles. The normalized spacial score (nSPS) is 22.0. The van der Waals surface area contributed by atoms with Crippen molar-refractivity contribution in [1.29, 1.82) is 0 Å². The first-order valence-corrected chi connectivity index (χ1v) is 9.62. The molecular weight excluding hydrogens is 363 g/mol. The van der Waals surface area contributed by atoms with Gasteiger partial charge in [0, 0.05) is 19.6 Å². The predicted octanol–water partition coefficient (Wildman–Crippen LogP) is 0.894. The van der Waals surface area contributed by atoms with Crippen LogP contribution in [-0.4, -0.2) is 67.5 Å². The number of halogens is 1. The van der Waals surface area contributed by atoms with Crippen LogP contribution in [0.5, 0.6) is 0 Å². The van der Waals surface area contributed by atoms with Gasteiger partial charge in [-0.15, -0.1) is 5.10 Å². The van der Waals surface area contributed by atoms with Crippen LogP contribution in [-0.2, 0) is 22.6 Å². The van der Waals surface area contributed by atoms with Crippen molar-refractivity contribution in [3.63, 3.8) is 0 Å². The molecule has 2 unspecified atom stereocenters. The maximum absolute atomic E-state index is 13.4. The Hall–Kier alpha value is -2.84. The lowest BCUT2D eigenvalue weighted by atomic mass is 9.83.